The first-order valence-electron chi connectivity index (χ1n) is 5.66. The minimum Gasteiger partial charge on any atom is -0.294 e. The topological polar surface area (TPSA) is 17.1 Å². The average Bonchev–Trinajstić information content (AvgIpc) is 2.36. The summed E-state index contributed by atoms with van der Waals surface area (Å²) >= 11 is 5.99. The maximum absolute atomic E-state index is 12.1. The van der Waals surface area contributed by atoms with Gasteiger partial charge in [-0.25, -0.2) is 0 Å². The number of benzene rings is 2. The van der Waals surface area contributed by atoms with Crippen molar-refractivity contribution < 1.29 is 18.0 Å². The van der Waals surface area contributed by atoms with Crippen LogP contribution in [0.4, 0.5) is 13.2 Å². The molecule has 5 heteroatoms. The normalized spacial score (nSPS) is 11.8. The molecular weight excluding hydrogens is 277 g/mol. The highest BCUT2D eigenvalue weighted by Gasteiger charge is 2.28. The van der Waals surface area contributed by atoms with Gasteiger partial charge in [0.05, 0.1) is 6.42 Å². The highest BCUT2D eigenvalue weighted by atomic mass is 35.5. The van der Waals surface area contributed by atoms with E-state index < -0.39 is 24.8 Å². The first-order valence-corrected chi connectivity index (χ1v) is 6.03. The molecule has 0 fully saturated rings. The summed E-state index contributed by atoms with van der Waals surface area (Å²) in [5.41, 5.74) is 0.282. The van der Waals surface area contributed by atoms with E-state index in [-0.39, 0.29) is 5.56 Å². The summed E-state index contributed by atoms with van der Waals surface area (Å²) in [4.78, 5) is 11.9. The molecule has 0 aliphatic rings. The minimum atomic E-state index is -4.32. The number of ketones is 1. The second-order valence-corrected chi connectivity index (χ2v) is 4.59. The van der Waals surface area contributed by atoms with Gasteiger partial charge in [0.1, 0.15) is 0 Å². The fourth-order valence-corrected chi connectivity index (χ4v) is 2.12. The quantitative estimate of drug-likeness (QED) is 0.724. The van der Waals surface area contributed by atoms with E-state index in [9.17, 15) is 18.0 Å². The van der Waals surface area contributed by atoms with Gasteiger partial charge in [-0.1, -0.05) is 35.9 Å². The molecule has 0 amide bonds. The molecule has 0 aliphatic carbocycles. The third kappa shape index (κ3) is 3.26. The Morgan fingerprint density at radius 2 is 1.68 bits per heavy atom. The monoisotopic (exact) mass is 286 g/mol. The zero-order valence-electron chi connectivity index (χ0n) is 9.80. The van der Waals surface area contributed by atoms with Gasteiger partial charge in [0.2, 0.25) is 0 Å². The van der Waals surface area contributed by atoms with Gasteiger partial charge in [0.15, 0.2) is 5.78 Å². The van der Waals surface area contributed by atoms with Crippen LogP contribution in [-0.4, -0.2) is 12.0 Å². The van der Waals surface area contributed by atoms with Crippen LogP contribution in [0.2, 0.25) is 5.02 Å². The SMILES string of the molecule is O=C(CCC(F)(F)F)c1ccc(Cl)c2ccccc12. The number of halogens is 4. The van der Waals surface area contributed by atoms with Gasteiger partial charge in [0, 0.05) is 22.4 Å². The van der Waals surface area contributed by atoms with E-state index in [1.54, 1.807) is 24.3 Å². The lowest BCUT2D eigenvalue weighted by molar-refractivity contribution is -0.133. The first kappa shape index (κ1) is 13.9. The second kappa shape index (κ2) is 5.21. The Balaban J connectivity index is 2.35. The Hall–Kier alpha value is -1.55. The van der Waals surface area contributed by atoms with E-state index in [1.807, 2.05) is 0 Å². The molecule has 1 nitrogen and oxygen atoms in total. The molecule has 0 atom stereocenters. The summed E-state index contributed by atoms with van der Waals surface area (Å²) in [5, 5.41) is 1.73. The number of fused-ring (bicyclic) bond motifs is 1. The lowest BCUT2D eigenvalue weighted by Gasteiger charge is -2.08. The van der Waals surface area contributed by atoms with Gasteiger partial charge in [-0.05, 0) is 17.5 Å². The zero-order chi connectivity index (χ0) is 14.0. The van der Waals surface area contributed by atoms with Crippen molar-refractivity contribution >= 4 is 28.2 Å². The zero-order valence-corrected chi connectivity index (χ0v) is 10.6. The molecule has 0 N–H and O–H groups in total. The highest BCUT2D eigenvalue weighted by molar-refractivity contribution is 6.36. The minimum absolute atomic E-state index is 0.282. The summed E-state index contributed by atoms with van der Waals surface area (Å²) in [7, 11) is 0. The molecule has 0 heterocycles. The van der Waals surface area contributed by atoms with E-state index in [1.165, 1.54) is 12.1 Å². The van der Waals surface area contributed by atoms with Crippen molar-refractivity contribution in [2.45, 2.75) is 19.0 Å². The van der Waals surface area contributed by atoms with Gasteiger partial charge < -0.3 is 0 Å². The van der Waals surface area contributed by atoms with Crippen molar-refractivity contribution in [1.82, 2.24) is 0 Å². The van der Waals surface area contributed by atoms with E-state index in [4.69, 9.17) is 11.6 Å². The Kier molecular flexibility index (Phi) is 3.80. The third-order valence-electron chi connectivity index (χ3n) is 2.81. The summed E-state index contributed by atoms with van der Waals surface area (Å²) in [6.07, 6.45) is -5.98. The number of rotatable bonds is 3. The number of hydrogen-bond donors (Lipinski definition) is 0. The van der Waals surface area contributed by atoms with E-state index in [0.29, 0.717) is 15.8 Å². The van der Waals surface area contributed by atoms with Gasteiger partial charge >= 0.3 is 6.18 Å². The molecule has 0 aliphatic heterocycles. The molecule has 0 saturated carbocycles. The lowest BCUT2D eigenvalue weighted by atomic mass is 9.99. The Morgan fingerprint density at radius 1 is 1.05 bits per heavy atom. The summed E-state index contributed by atoms with van der Waals surface area (Å²) in [5.74, 6) is -0.523. The smallest absolute Gasteiger partial charge is 0.294 e. The number of alkyl halides is 3. The molecular formula is C14H10ClF3O. The van der Waals surface area contributed by atoms with Crippen LogP contribution in [0.3, 0.4) is 0 Å². The fraction of sp³-hybridized carbons (Fsp3) is 0.214. The summed E-state index contributed by atoms with van der Waals surface area (Å²) in [6, 6.07) is 9.91. The lowest BCUT2D eigenvalue weighted by Crippen LogP contribution is -2.11. The molecule has 0 radical (unpaired) electrons. The van der Waals surface area contributed by atoms with Gasteiger partial charge in [-0.15, -0.1) is 0 Å². The van der Waals surface area contributed by atoms with Gasteiger partial charge in [-0.3, -0.25) is 4.79 Å². The molecule has 0 saturated heterocycles. The molecule has 100 valence electrons. The first-order chi connectivity index (χ1) is 8.88. The van der Waals surface area contributed by atoms with Crippen molar-refractivity contribution in [1.29, 1.82) is 0 Å². The van der Waals surface area contributed by atoms with E-state index in [0.717, 1.165) is 0 Å². The average molecular weight is 287 g/mol. The van der Waals surface area contributed by atoms with Crippen LogP contribution in [0.15, 0.2) is 36.4 Å². The molecule has 2 rings (SSSR count). The predicted molar refractivity (Wildman–Crippen MR) is 68.6 cm³/mol. The third-order valence-corrected chi connectivity index (χ3v) is 3.14. The largest absolute Gasteiger partial charge is 0.389 e. The standard InChI is InChI=1S/C14H10ClF3O/c15-12-6-5-11(9-3-1-2-4-10(9)12)13(19)7-8-14(16,17)18/h1-6H,7-8H2. The van der Waals surface area contributed by atoms with E-state index in [2.05, 4.69) is 0 Å². The van der Waals surface area contributed by atoms with Crippen molar-refractivity contribution in [2.75, 3.05) is 0 Å². The Bertz CT molecular complexity index is 620. The molecule has 2 aromatic carbocycles. The number of carbonyl (C=O) groups excluding carboxylic acids is 1. The van der Waals surface area contributed by atoms with Crippen LogP contribution in [0.1, 0.15) is 23.2 Å². The van der Waals surface area contributed by atoms with Crippen LogP contribution >= 0.6 is 11.6 Å². The van der Waals surface area contributed by atoms with Gasteiger partial charge in [0.25, 0.3) is 0 Å². The maximum Gasteiger partial charge on any atom is 0.389 e. The molecule has 0 spiro atoms. The number of hydrogen-bond acceptors (Lipinski definition) is 1. The maximum atomic E-state index is 12.1. The summed E-state index contributed by atoms with van der Waals surface area (Å²) in [6.45, 7) is 0. The predicted octanol–water partition coefficient (Wildman–Crippen LogP) is 5.02. The van der Waals surface area contributed by atoms with Crippen LogP contribution in [-0.2, 0) is 0 Å². The van der Waals surface area contributed by atoms with Crippen molar-refractivity contribution in [3.8, 4) is 0 Å². The molecule has 0 bridgehead atoms. The van der Waals surface area contributed by atoms with Crippen molar-refractivity contribution in [3.63, 3.8) is 0 Å². The van der Waals surface area contributed by atoms with E-state index >= 15 is 0 Å². The molecule has 2 aromatic rings. The van der Waals surface area contributed by atoms with Crippen LogP contribution in [0.5, 0.6) is 0 Å². The highest BCUT2D eigenvalue weighted by Crippen LogP contribution is 2.29. The van der Waals surface area contributed by atoms with Crippen molar-refractivity contribution in [3.05, 3.63) is 47.0 Å². The van der Waals surface area contributed by atoms with Crippen molar-refractivity contribution in [2.24, 2.45) is 0 Å². The van der Waals surface area contributed by atoms with Gasteiger partial charge in [-0.2, -0.15) is 13.2 Å². The number of Topliss-reactive ketones (excluding diaryl/α,β-unsaturated/α-hetero) is 1. The second-order valence-electron chi connectivity index (χ2n) is 4.18. The fourth-order valence-electron chi connectivity index (χ4n) is 1.90. The molecule has 19 heavy (non-hydrogen) atoms. The Morgan fingerprint density at radius 3 is 2.32 bits per heavy atom. The van der Waals surface area contributed by atoms with Crippen LogP contribution in [0.25, 0.3) is 10.8 Å². The number of carbonyl (C=O) groups is 1. The van der Waals surface area contributed by atoms with Crippen LogP contribution in [0, 0.1) is 0 Å². The summed E-state index contributed by atoms with van der Waals surface area (Å²) < 4.78 is 36.4. The van der Waals surface area contributed by atoms with Crippen LogP contribution < -0.4 is 0 Å². The molecule has 0 unspecified atom stereocenters. The molecule has 0 aromatic heterocycles. The Labute approximate surface area is 113 Å².